The molecule has 2 aromatic carbocycles. The Kier molecular flexibility index (Phi) is 5.74. The minimum Gasteiger partial charge on any atom is -0.488 e. The van der Waals surface area contributed by atoms with Crippen LogP contribution in [0.4, 0.5) is 0 Å². The molecule has 0 aliphatic heterocycles. The Morgan fingerprint density at radius 1 is 1.17 bits per heavy atom. The fraction of sp³-hybridized carbons (Fsp3) is 0.400. The number of nitrogens with one attached hydrogen (secondary N) is 1. The summed E-state index contributed by atoms with van der Waals surface area (Å²) < 4.78 is 7.26. The summed E-state index contributed by atoms with van der Waals surface area (Å²) in [6.07, 6.45) is 4.15. The van der Waals surface area contributed by atoms with Gasteiger partial charge in [0.25, 0.3) is 0 Å². The van der Waals surface area contributed by atoms with Crippen LogP contribution in [0.15, 0.2) is 46.9 Å². The average molecular weight is 374 g/mol. The Bertz CT molecular complexity index is 638. The summed E-state index contributed by atoms with van der Waals surface area (Å²) in [6, 6.07) is 14.6. The van der Waals surface area contributed by atoms with Crippen molar-refractivity contribution in [2.24, 2.45) is 5.92 Å². The Labute approximate surface area is 147 Å². The lowest BCUT2D eigenvalue weighted by molar-refractivity contribution is 0.291. The van der Waals surface area contributed by atoms with E-state index in [-0.39, 0.29) is 0 Å². The quantitative estimate of drug-likeness (QED) is 0.717. The molecule has 2 nitrogen and oxygen atoms in total. The van der Waals surface area contributed by atoms with E-state index in [0.717, 1.165) is 29.2 Å². The van der Waals surface area contributed by atoms with E-state index in [4.69, 9.17) is 4.74 Å². The first-order valence-electron chi connectivity index (χ1n) is 8.39. The number of ether oxygens (including phenoxy) is 1. The lowest BCUT2D eigenvalue weighted by Gasteiger charge is -2.25. The Morgan fingerprint density at radius 3 is 2.65 bits per heavy atom. The predicted molar refractivity (Wildman–Crippen MR) is 98.7 cm³/mol. The third kappa shape index (κ3) is 4.58. The van der Waals surface area contributed by atoms with E-state index < -0.39 is 0 Å². The van der Waals surface area contributed by atoms with Crippen molar-refractivity contribution in [2.75, 3.05) is 6.54 Å². The second kappa shape index (κ2) is 7.98. The maximum absolute atomic E-state index is 6.15. The molecule has 122 valence electrons. The third-order valence-electron chi connectivity index (χ3n) is 4.52. The highest BCUT2D eigenvalue weighted by atomic mass is 79.9. The summed E-state index contributed by atoms with van der Waals surface area (Å²) in [5.74, 6) is 1.88. The van der Waals surface area contributed by atoms with Crippen LogP contribution in [0.3, 0.4) is 0 Å². The minimum absolute atomic E-state index is 0.610. The zero-order valence-corrected chi connectivity index (χ0v) is 15.2. The van der Waals surface area contributed by atoms with Crippen molar-refractivity contribution < 1.29 is 4.74 Å². The van der Waals surface area contributed by atoms with E-state index in [1.807, 2.05) is 18.2 Å². The van der Waals surface area contributed by atoms with Crippen molar-refractivity contribution >= 4 is 15.9 Å². The van der Waals surface area contributed by atoms with Crippen LogP contribution in [-0.4, -0.2) is 6.54 Å². The van der Waals surface area contributed by atoms with Crippen LogP contribution in [0, 0.1) is 12.8 Å². The lowest BCUT2D eigenvalue weighted by Crippen LogP contribution is -2.27. The van der Waals surface area contributed by atoms with E-state index in [2.05, 4.69) is 52.4 Å². The summed E-state index contributed by atoms with van der Waals surface area (Å²) in [6.45, 7) is 4.70. The van der Waals surface area contributed by atoms with Gasteiger partial charge in [-0.1, -0.05) is 52.7 Å². The van der Waals surface area contributed by atoms with Crippen molar-refractivity contribution in [2.45, 2.75) is 39.3 Å². The fourth-order valence-electron chi connectivity index (χ4n) is 2.97. The summed E-state index contributed by atoms with van der Waals surface area (Å²) in [4.78, 5) is 0. The molecule has 2 aromatic rings. The number of halogens is 1. The maximum atomic E-state index is 6.15. The molecule has 1 aliphatic carbocycles. The Balaban J connectivity index is 1.66. The zero-order chi connectivity index (χ0) is 16.1. The van der Waals surface area contributed by atoms with Gasteiger partial charge in [0.2, 0.25) is 0 Å². The maximum Gasteiger partial charge on any atom is 0.127 e. The monoisotopic (exact) mass is 373 g/mol. The van der Waals surface area contributed by atoms with Crippen molar-refractivity contribution in [3.8, 4) is 5.75 Å². The average Bonchev–Trinajstić information content (AvgIpc) is 2.49. The van der Waals surface area contributed by atoms with Crippen molar-refractivity contribution in [3.63, 3.8) is 0 Å². The van der Waals surface area contributed by atoms with Gasteiger partial charge in [-0.2, -0.15) is 0 Å². The molecule has 1 N–H and O–H groups in total. The summed E-state index contributed by atoms with van der Waals surface area (Å²) >= 11 is 3.61. The SMILES string of the molecule is Cc1cc(Br)cc(CNCC2CCC2)c1OCc1ccccc1. The number of hydrogen-bond donors (Lipinski definition) is 1. The van der Waals surface area contributed by atoms with Gasteiger partial charge in [-0.15, -0.1) is 0 Å². The normalized spacial score (nSPS) is 14.5. The molecular formula is C20H24BrNO. The first-order valence-corrected chi connectivity index (χ1v) is 9.18. The Morgan fingerprint density at radius 2 is 1.96 bits per heavy atom. The van der Waals surface area contributed by atoms with E-state index in [1.54, 1.807) is 0 Å². The molecule has 3 heteroatoms. The summed E-state index contributed by atoms with van der Waals surface area (Å²) in [5, 5.41) is 3.60. The summed E-state index contributed by atoms with van der Waals surface area (Å²) in [5.41, 5.74) is 3.60. The van der Waals surface area contributed by atoms with Gasteiger partial charge in [0.1, 0.15) is 12.4 Å². The van der Waals surface area contributed by atoms with Crippen LogP contribution in [0.25, 0.3) is 0 Å². The molecule has 3 rings (SSSR count). The molecule has 0 amide bonds. The minimum atomic E-state index is 0.610. The van der Waals surface area contributed by atoms with Crippen LogP contribution in [0.1, 0.15) is 36.0 Å². The topological polar surface area (TPSA) is 21.3 Å². The first-order chi connectivity index (χ1) is 11.2. The standard InChI is InChI=1S/C20H24BrNO/c1-15-10-19(21)11-18(13-22-12-16-8-5-9-16)20(15)23-14-17-6-3-2-4-7-17/h2-4,6-7,10-11,16,22H,5,8-9,12-14H2,1H3. The van der Waals surface area contributed by atoms with Gasteiger partial charge in [0.15, 0.2) is 0 Å². The molecule has 1 aliphatic rings. The molecule has 0 aromatic heterocycles. The van der Waals surface area contributed by atoms with Gasteiger partial charge in [-0.25, -0.2) is 0 Å². The molecule has 0 unspecified atom stereocenters. The van der Waals surface area contributed by atoms with Crippen molar-refractivity contribution in [1.82, 2.24) is 5.32 Å². The van der Waals surface area contributed by atoms with Crippen LogP contribution in [-0.2, 0) is 13.2 Å². The highest BCUT2D eigenvalue weighted by molar-refractivity contribution is 9.10. The largest absolute Gasteiger partial charge is 0.488 e. The highest BCUT2D eigenvalue weighted by Crippen LogP contribution is 2.29. The molecule has 1 saturated carbocycles. The van der Waals surface area contributed by atoms with Crippen LogP contribution in [0.2, 0.25) is 0 Å². The van der Waals surface area contributed by atoms with Gasteiger partial charge >= 0.3 is 0 Å². The second-order valence-electron chi connectivity index (χ2n) is 6.41. The lowest BCUT2D eigenvalue weighted by atomic mass is 9.85. The van der Waals surface area contributed by atoms with Crippen molar-refractivity contribution in [1.29, 1.82) is 0 Å². The molecule has 0 atom stereocenters. The van der Waals surface area contributed by atoms with E-state index in [1.165, 1.54) is 36.0 Å². The van der Waals surface area contributed by atoms with Crippen molar-refractivity contribution in [3.05, 3.63) is 63.6 Å². The number of hydrogen-bond acceptors (Lipinski definition) is 2. The molecule has 0 radical (unpaired) electrons. The number of aryl methyl sites for hydroxylation is 1. The molecule has 0 spiro atoms. The fourth-order valence-corrected chi connectivity index (χ4v) is 3.59. The van der Waals surface area contributed by atoms with Crippen LogP contribution in [0.5, 0.6) is 5.75 Å². The third-order valence-corrected chi connectivity index (χ3v) is 4.97. The van der Waals surface area contributed by atoms with E-state index in [9.17, 15) is 0 Å². The second-order valence-corrected chi connectivity index (χ2v) is 7.33. The molecule has 0 saturated heterocycles. The summed E-state index contributed by atoms with van der Waals surface area (Å²) in [7, 11) is 0. The molecular weight excluding hydrogens is 350 g/mol. The number of rotatable bonds is 7. The van der Waals surface area contributed by atoms with E-state index >= 15 is 0 Å². The van der Waals surface area contributed by atoms with Gasteiger partial charge < -0.3 is 10.1 Å². The molecule has 0 heterocycles. The van der Waals surface area contributed by atoms with Crippen LogP contribution < -0.4 is 10.1 Å². The zero-order valence-electron chi connectivity index (χ0n) is 13.6. The molecule has 0 bridgehead atoms. The van der Waals surface area contributed by atoms with E-state index in [0.29, 0.717) is 6.61 Å². The predicted octanol–water partition coefficient (Wildman–Crippen LogP) is 5.23. The number of benzene rings is 2. The van der Waals surface area contributed by atoms with Gasteiger partial charge in [-0.05, 0) is 55.5 Å². The molecule has 1 fully saturated rings. The molecule has 23 heavy (non-hydrogen) atoms. The van der Waals surface area contributed by atoms with Gasteiger partial charge in [-0.3, -0.25) is 0 Å². The first kappa shape index (κ1) is 16.5. The van der Waals surface area contributed by atoms with Gasteiger partial charge in [0, 0.05) is 16.6 Å². The highest BCUT2D eigenvalue weighted by Gasteiger charge is 2.17. The Hall–Kier alpha value is -1.32. The smallest absolute Gasteiger partial charge is 0.127 e. The van der Waals surface area contributed by atoms with Crippen LogP contribution >= 0.6 is 15.9 Å². The van der Waals surface area contributed by atoms with Gasteiger partial charge in [0.05, 0.1) is 0 Å².